The lowest BCUT2D eigenvalue weighted by molar-refractivity contribution is -0.149. The molecule has 0 radical (unpaired) electrons. The molecule has 2 unspecified atom stereocenters. The van der Waals surface area contributed by atoms with E-state index >= 15 is 0 Å². The number of nitrogens with zero attached hydrogens (tertiary/aromatic N) is 2. The van der Waals surface area contributed by atoms with Gasteiger partial charge in [0, 0.05) is 14.1 Å². The van der Waals surface area contributed by atoms with Gasteiger partial charge >= 0.3 is 6.03 Å². The fraction of sp³-hybridized carbons (Fsp3) is 0.867. The van der Waals surface area contributed by atoms with Gasteiger partial charge in [-0.3, -0.25) is 9.69 Å². The van der Waals surface area contributed by atoms with E-state index in [4.69, 9.17) is 8.85 Å². The highest BCUT2D eigenvalue weighted by atomic mass is 28.4. The molecule has 6 nitrogen and oxygen atoms in total. The van der Waals surface area contributed by atoms with Crippen LogP contribution in [-0.4, -0.2) is 71.7 Å². The van der Waals surface area contributed by atoms with Gasteiger partial charge in [0.1, 0.15) is 0 Å². The number of carbonyl (C=O) groups is 2. The molecule has 1 aliphatic rings. The predicted molar refractivity (Wildman–Crippen MR) is 96.4 cm³/mol. The van der Waals surface area contributed by atoms with Crippen molar-refractivity contribution < 1.29 is 18.4 Å². The average Bonchev–Trinajstić information content (AvgIpc) is 2.39. The Hall–Kier alpha value is -0.706. The Bertz CT molecular complexity index is 473. The number of hydrogen-bond donors (Lipinski definition) is 0. The van der Waals surface area contributed by atoms with Crippen molar-refractivity contribution in [3.8, 4) is 0 Å². The lowest BCUT2D eigenvalue weighted by Crippen LogP contribution is -2.67. The van der Waals surface area contributed by atoms with Crippen LogP contribution >= 0.6 is 0 Å². The summed E-state index contributed by atoms with van der Waals surface area (Å²) in [6.45, 7) is 15.1. The molecule has 0 aliphatic carbocycles. The zero-order chi connectivity index (χ0) is 18.2. The fourth-order valence-corrected chi connectivity index (χ4v) is 3.95. The van der Waals surface area contributed by atoms with E-state index in [1.807, 2.05) is 6.92 Å². The smallest absolute Gasteiger partial charge is 0.326 e. The molecule has 8 heteroatoms. The highest BCUT2D eigenvalue weighted by Gasteiger charge is 2.53. The summed E-state index contributed by atoms with van der Waals surface area (Å²) < 4.78 is 12.1. The Morgan fingerprint density at radius 3 is 1.91 bits per heavy atom. The van der Waals surface area contributed by atoms with Crippen molar-refractivity contribution in [1.82, 2.24) is 9.80 Å². The molecule has 1 rings (SSSR count). The fourth-order valence-electron chi connectivity index (χ4n) is 2.56. The number of carbonyl (C=O) groups excluding carboxylic acids is 2. The van der Waals surface area contributed by atoms with Crippen LogP contribution in [0.4, 0.5) is 4.79 Å². The normalized spacial score (nSPS) is 26.9. The number of rotatable bonds is 6. The van der Waals surface area contributed by atoms with Gasteiger partial charge < -0.3 is 13.8 Å². The van der Waals surface area contributed by atoms with Crippen molar-refractivity contribution in [2.45, 2.75) is 52.2 Å². The van der Waals surface area contributed by atoms with Crippen molar-refractivity contribution in [1.29, 1.82) is 0 Å². The van der Waals surface area contributed by atoms with E-state index < -0.39 is 22.0 Å². The molecular weight excluding hydrogens is 328 g/mol. The van der Waals surface area contributed by atoms with Gasteiger partial charge in [-0.25, -0.2) is 4.79 Å². The molecule has 0 bridgehead atoms. The third kappa shape index (κ3) is 4.88. The van der Waals surface area contributed by atoms with Crippen LogP contribution < -0.4 is 0 Å². The zero-order valence-electron chi connectivity index (χ0n) is 16.0. The van der Waals surface area contributed by atoms with E-state index in [9.17, 15) is 9.59 Å². The summed E-state index contributed by atoms with van der Waals surface area (Å²) in [4.78, 5) is 28.0. The molecule has 2 atom stereocenters. The molecule has 3 amide bonds. The van der Waals surface area contributed by atoms with Crippen LogP contribution in [0.3, 0.4) is 0 Å². The molecule has 1 fully saturated rings. The maximum Gasteiger partial charge on any atom is 0.326 e. The van der Waals surface area contributed by atoms with Crippen LogP contribution in [0.2, 0.25) is 39.3 Å². The number of hydrogen-bond acceptors (Lipinski definition) is 4. The Balaban J connectivity index is 3.10. The highest BCUT2D eigenvalue weighted by molar-refractivity contribution is 6.70. The standard InChI is InChI=1S/C15H32N2O4Si2/c1-15(11-21-23(7,8)9)12(10-20-22(4,5)6)16(2)14(19)17(3)13(15)18/h12H,10-11H2,1-9H3. The van der Waals surface area contributed by atoms with Crippen LogP contribution in [0.15, 0.2) is 0 Å². The van der Waals surface area contributed by atoms with E-state index in [1.54, 1.807) is 11.9 Å². The molecule has 1 aliphatic heterocycles. The van der Waals surface area contributed by atoms with Crippen LogP contribution in [0.5, 0.6) is 0 Å². The lowest BCUT2D eigenvalue weighted by Gasteiger charge is -2.49. The van der Waals surface area contributed by atoms with Gasteiger partial charge in [0.05, 0.1) is 24.7 Å². The SMILES string of the molecule is CN1C(=O)N(C)C(CO[Si](C)(C)C)C(C)(CO[Si](C)(C)C)C1=O. The summed E-state index contributed by atoms with van der Waals surface area (Å²) in [7, 11) is -0.260. The minimum atomic E-state index is -1.77. The molecule has 0 spiro atoms. The summed E-state index contributed by atoms with van der Waals surface area (Å²) in [6.07, 6.45) is 0. The number of imide groups is 1. The van der Waals surface area contributed by atoms with Crippen molar-refractivity contribution in [3.63, 3.8) is 0 Å². The second kappa shape index (κ2) is 6.66. The van der Waals surface area contributed by atoms with Crippen molar-refractivity contribution in [3.05, 3.63) is 0 Å². The van der Waals surface area contributed by atoms with Crippen molar-refractivity contribution in [2.24, 2.45) is 5.41 Å². The summed E-state index contributed by atoms with van der Waals surface area (Å²) >= 11 is 0. The van der Waals surface area contributed by atoms with Gasteiger partial charge in [0.25, 0.3) is 0 Å². The first-order valence-corrected chi connectivity index (χ1v) is 14.8. The van der Waals surface area contributed by atoms with Gasteiger partial charge in [0.15, 0.2) is 16.6 Å². The Morgan fingerprint density at radius 2 is 1.48 bits per heavy atom. The third-order valence-corrected chi connectivity index (χ3v) is 6.11. The predicted octanol–water partition coefficient (Wildman–Crippen LogP) is 2.59. The number of likely N-dealkylation sites (N-methyl/N-ethyl adjacent to an activating group) is 1. The van der Waals surface area contributed by atoms with E-state index in [2.05, 4.69) is 39.3 Å². The quantitative estimate of drug-likeness (QED) is 0.683. The molecule has 0 aromatic carbocycles. The maximum atomic E-state index is 12.8. The summed E-state index contributed by atoms with van der Waals surface area (Å²) in [5.74, 6) is -0.192. The molecule has 0 aromatic rings. The van der Waals surface area contributed by atoms with Gasteiger partial charge in [0.2, 0.25) is 5.91 Å². The first-order chi connectivity index (χ1) is 10.2. The van der Waals surface area contributed by atoms with E-state index in [0.717, 1.165) is 0 Å². The molecular formula is C15H32N2O4Si2. The molecule has 0 saturated carbocycles. The highest BCUT2D eigenvalue weighted by Crippen LogP contribution is 2.34. The Labute approximate surface area is 142 Å². The largest absolute Gasteiger partial charge is 0.416 e. The minimum absolute atomic E-state index is 0.192. The van der Waals surface area contributed by atoms with Gasteiger partial charge in [-0.1, -0.05) is 0 Å². The van der Waals surface area contributed by atoms with Gasteiger partial charge in [-0.05, 0) is 46.2 Å². The molecule has 0 N–H and O–H groups in total. The Morgan fingerprint density at radius 1 is 1.00 bits per heavy atom. The lowest BCUT2D eigenvalue weighted by atomic mass is 9.79. The van der Waals surface area contributed by atoms with Gasteiger partial charge in [-0.2, -0.15) is 0 Å². The van der Waals surface area contributed by atoms with Crippen LogP contribution in [0.1, 0.15) is 6.92 Å². The van der Waals surface area contributed by atoms with Crippen molar-refractivity contribution >= 4 is 28.6 Å². The van der Waals surface area contributed by atoms with Crippen LogP contribution in [0.25, 0.3) is 0 Å². The molecule has 1 saturated heterocycles. The van der Waals surface area contributed by atoms with Gasteiger partial charge in [-0.15, -0.1) is 0 Å². The van der Waals surface area contributed by atoms with E-state index in [-0.39, 0.29) is 18.0 Å². The van der Waals surface area contributed by atoms with Crippen molar-refractivity contribution in [2.75, 3.05) is 27.3 Å². The van der Waals surface area contributed by atoms with Crippen LogP contribution in [0, 0.1) is 5.41 Å². The van der Waals surface area contributed by atoms with Crippen LogP contribution in [-0.2, 0) is 13.6 Å². The summed E-state index contributed by atoms with van der Waals surface area (Å²) in [5.41, 5.74) is -0.794. The maximum absolute atomic E-state index is 12.8. The Kier molecular flexibility index (Phi) is 5.89. The molecule has 134 valence electrons. The average molecular weight is 361 g/mol. The first kappa shape index (κ1) is 20.3. The zero-order valence-corrected chi connectivity index (χ0v) is 18.0. The minimum Gasteiger partial charge on any atom is -0.416 e. The monoisotopic (exact) mass is 360 g/mol. The summed E-state index contributed by atoms with van der Waals surface area (Å²) in [5, 5.41) is 0. The summed E-state index contributed by atoms with van der Waals surface area (Å²) in [6, 6.07) is -0.605. The third-order valence-electron chi connectivity index (χ3n) is 4.06. The topological polar surface area (TPSA) is 59.1 Å². The van der Waals surface area contributed by atoms with E-state index in [0.29, 0.717) is 13.2 Å². The second-order valence-electron chi connectivity index (χ2n) is 8.52. The molecule has 0 aromatic heterocycles. The first-order valence-electron chi connectivity index (χ1n) is 8.02. The number of amides is 3. The molecule has 23 heavy (non-hydrogen) atoms. The molecule has 1 heterocycles. The second-order valence-corrected chi connectivity index (χ2v) is 17.5. The number of urea groups is 1. The van der Waals surface area contributed by atoms with E-state index in [1.165, 1.54) is 11.9 Å².